The largest absolute Gasteiger partial charge is 0.495 e. The number of amides is 4. The summed E-state index contributed by atoms with van der Waals surface area (Å²) >= 11 is 2.18. The lowest BCUT2D eigenvalue weighted by Gasteiger charge is -2.32. The Bertz CT molecular complexity index is 2890. The number of urea groups is 2. The summed E-state index contributed by atoms with van der Waals surface area (Å²) in [5.41, 5.74) is 3.38. The Hall–Kier alpha value is -6.77. The normalized spacial score (nSPS) is 13.9. The van der Waals surface area contributed by atoms with Gasteiger partial charge in [0.25, 0.3) is 0 Å². The van der Waals surface area contributed by atoms with E-state index in [0.717, 1.165) is 9.35 Å². The topological polar surface area (TPSA) is 201 Å². The first-order valence-electron chi connectivity index (χ1n) is 21.3. The van der Waals surface area contributed by atoms with Crippen LogP contribution in [0.4, 0.5) is 47.3 Å². The first kappa shape index (κ1) is 54.2. The van der Waals surface area contributed by atoms with Gasteiger partial charge in [-0.05, 0) is 132 Å². The minimum absolute atomic E-state index is 0.138. The number of nitrogens with zero attached hydrogens (tertiary/aromatic N) is 6. The minimum Gasteiger partial charge on any atom is -0.491 e. The number of fused-ring (bicyclic) bond motifs is 2. The van der Waals surface area contributed by atoms with Crippen molar-refractivity contribution in [3.63, 3.8) is 0 Å². The van der Waals surface area contributed by atoms with Crippen LogP contribution in [0.15, 0.2) is 85.5 Å². The van der Waals surface area contributed by atoms with Crippen molar-refractivity contribution >= 4 is 69.9 Å². The van der Waals surface area contributed by atoms with E-state index >= 15 is 0 Å². The quantitative estimate of drug-likeness (QED) is 0.0582. The van der Waals surface area contributed by atoms with Crippen LogP contribution in [-0.2, 0) is 9.31 Å². The van der Waals surface area contributed by atoms with E-state index in [2.05, 4.69) is 55.3 Å². The molecular weight excluding hydrogens is 1040 g/mol. The molecule has 4 amide bonds. The Morgan fingerprint density at radius 1 is 0.729 bits per heavy atom. The molecule has 0 unspecified atom stereocenters. The number of imidazole rings is 2. The van der Waals surface area contributed by atoms with E-state index in [1.165, 1.54) is 12.1 Å². The fourth-order valence-electron chi connectivity index (χ4n) is 6.40. The lowest BCUT2D eigenvalue weighted by atomic mass is 9.78. The molecule has 4 N–H and O–H groups in total. The average molecular weight is 1090 g/mol. The highest BCUT2D eigenvalue weighted by Crippen LogP contribution is 2.37. The number of halogens is 7. The van der Waals surface area contributed by atoms with E-state index < -0.39 is 55.8 Å². The molecule has 0 atom stereocenters. The van der Waals surface area contributed by atoms with E-state index in [1.807, 2.05) is 72.1 Å². The number of nitrogens with one attached hydrogen (secondary N) is 4. The number of pyridine rings is 2. The third-order valence-corrected chi connectivity index (χ3v) is 10.9. The highest BCUT2D eigenvalue weighted by molar-refractivity contribution is 14.1. The molecule has 1 aliphatic rings. The van der Waals surface area contributed by atoms with Gasteiger partial charge in [0.2, 0.25) is 0 Å². The molecule has 0 bridgehead atoms. The zero-order chi connectivity index (χ0) is 51.8. The summed E-state index contributed by atoms with van der Waals surface area (Å²) in [5.74, 6) is 0.855. The number of anilines is 2. The molecule has 70 heavy (non-hydrogen) atoms. The van der Waals surface area contributed by atoms with Gasteiger partial charge >= 0.3 is 31.5 Å². The number of aromatic nitrogens is 4. The van der Waals surface area contributed by atoms with Gasteiger partial charge < -0.3 is 40.0 Å². The molecule has 370 valence electrons. The molecule has 4 aromatic heterocycles. The molecule has 1 saturated heterocycles. The van der Waals surface area contributed by atoms with Crippen molar-refractivity contribution in [1.82, 2.24) is 29.4 Å². The SMILES string of the molecule is CC(C)Oc1cc(NC(=O)NCC(F)(F)F)cc(-c2cnc3c(C#N)cccn23)c1.CC(C)Oc1cc(NC(=O)NCC(F)(F)F)cc(B2OC(C)(C)C(C)(C)O2)c1.N#Cc1cccn2c(I)cnc12. The number of alkyl halides is 6. The molecule has 16 nitrogen and oxygen atoms in total. The summed E-state index contributed by atoms with van der Waals surface area (Å²) in [4.78, 5) is 32.1. The number of carbonyl (C=O) groups excluding carboxylic acids is 2. The van der Waals surface area contributed by atoms with E-state index in [-0.39, 0.29) is 23.6 Å². The van der Waals surface area contributed by atoms with Crippen LogP contribution in [0.1, 0.15) is 66.5 Å². The summed E-state index contributed by atoms with van der Waals surface area (Å²) in [6.45, 7) is 12.1. The summed E-state index contributed by atoms with van der Waals surface area (Å²) in [6.07, 6.45) is -2.37. The number of benzene rings is 2. The molecule has 0 spiro atoms. The Morgan fingerprint density at radius 3 is 1.67 bits per heavy atom. The molecule has 1 aliphatic heterocycles. The fourth-order valence-corrected chi connectivity index (χ4v) is 6.93. The van der Waals surface area contributed by atoms with Gasteiger partial charge in [0, 0.05) is 41.5 Å². The Balaban J connectivity index is 0.000000211. The summed E-state index contributed by atoms with van der Waals surface area (Å²) < 4.78 is 102. The monoisotopic (exact) mass is 1090 g/mol. The second kappa shape index (κ2) is 22.3. The third kappa shape index (κ3) is 14.9. The van der Waals surface area contributed by atoms with Crippen molar-refractivity contribution in [2.24, 2.45) is 0 Å². The van der Waals surface area contributed by atoms with Gasteiger partial charge in [-0.1, -0.05) is 0 Å². The number of hydrogen-bond acceptors (Lipinski definition) is 10. The van der Waals surface area contributed by atoms with Gasteiger partial charge in [-0.2, -0.15) is 36.9 Å². The number of nitriles is 2. The number of hydrogen-bond donors (Lipinski definition) is 4. The Labute approximate surface area is 412 Å². The predicted molar refractivity (Wildman–Crippen MR) is 258 cm³/mol. The van der Waals surface area contributed by atoms with Crippen LogP contribution >= 0.6 is 22.6 Å². The maximum Gasteiger partial charge on any atom is 0.495 e. The van der Waals surface area contributed by atoms with Crippen LogP contribution in [0.2, 0.25) is 0 Å². The number of rotatable bonds is 10. The fraction of sp³-hybridized carbons (Fsp3) is 0.348. The number of carbonyl (C=O) groups is 2. The average Bonchev–Trinajstić information content (AvgIpc) is 3.93. The van der Waals surface area contributed by atoms with Gasteiger partial charge in [0.1, 0.15) is 40.4 Å². The molecular formula is C46H48BF6IN10O6. The first-order chi connectivity index (χ1) is 32.7. The molecule has 1 fully saturated rings. The molecule has 5 heterocycles. The Morgan fingerprint density at radius 2 is 1.19 bits per heavy atom. The number of ether oxygens (including phenoxy) is 2. The maximum atomic E-state index is 12.3. The van der Waals surface area contributed by atoms with Crippen molar-refractivity contribution in [1.29, 1.82) is 10.5 Å². The lowest BCUT2D eigenvalue weighted by molar-refractivity contribution is -0.123. The predicted octanol–water partition coefficient (Wildman–Crippen LogP) is 9.61. The first-order valence-corrected chi connectivity index (χ1v) is 22.4. The van der Waals surface area contributed by atoms with Crippen LogP contribution in [0, 0.1) is 26.4 Å². The van der Waals surface area contributed by atoms with Gasteiger partial charge in [-0.25, -0.2) is 19.6 Å². The van der Waals surface area contributed by atoms with Crippen molar-refractivity contribution < 1.29 is 54.7 Å². The molecule has 0 radical (unpaired) electrons. The summed E-state index contributed by atoms with van der Waals surface area (Å²) in [5, 5.41) is 26.3. The lowest BCUT2D eigenvalue weighted by Crippen LogP contribution is -2.41. The van der Waals surface area contributed by atoms with Crippen LogP contribution in [0.25, 0.3) is 22.6 Å². The van der Waals surface area contributed by atoms with Crippen LogP contribution in [0.3, 0.4) is 0 Å². The van der Waals surface area contributed by atoms with Crippen LogP contribution in [0.5, 0.6) is 11.5 Å². The van der Waals surface area contributed by atoms with Crippen molar-refractivity contribution in [2.75, 3.05) is 23.7 Å². The second-order valence-electron chi connectivity index (χ2n) is 17.0. The van der Waals surface area contributed by atoms with Gasteiger partial charge in [-0.3, -0.25) is 8.80 Å². The summed E-state index contributed by atoms with van der Waals surface area (Å²) in [6, 6.07) is 18.8. The highest BCUT2D eigenvalue weighted by atomic mass is 127. The van der Waals surface area contributed by atoms with Crippen molar-refractivity contribution in [2.45, 2.75) is 91.2 Å². The Kier molecular flexibility index (Phi) is 17.3. The zero-order valence-electron chi connectivity index (χ0n) is 39.0. The maximum absolute atomic E-state index is 12.3. The minimum atomic E-state index is -4.51. The summed E-state index contributed by atoms with van der Waals surface area (Å²) in [7, 11) is -0.709. The van der Waals surface area contributed by atoms with Gasteiger partial charge in [-0.15, -0.1) is 0 Å². The third-order valence-electron chi connectivity index (χ3n) is 10.1. The van der Waals surface area contributed by atoms with Crippen molar-refractivity contribution in [3.05, 3.63) is 100 Å². The molecule has 7 rings (SSSR count). The smallest absolute Gasteiger partial charge is 0.491 e. The van der Waals surface area contributed by atoms with E-state index in [1.54, 1.807) is 76.1 Å². The van der Waals surface area contributed by atoms with Crippen LogP contribution in [-0.4, -0.2) is 86.8 Å². The molecule has 2 aromatic carbocycles. The zero-order valence-corrected chi connectivity index (χ0v) is 41.2. The van der Waals surface area contributed by atoms with Crippen molar-refractivity contribution in [3.8, 4) is 34.9 Å². The standard InChI is InChI=1S/C20H18F3N5O2.C18H26BF3N2O4.C8H4IN3/c1-12(2)30-16-7-14(6-15(8-16)27-19(29)26-11-20(21,22)23)17-10-25-18-13(9-24)4-3-5-28(17)18;1-11(2)26-14-8-12(19-27-16(3,4)17(5,6)28-19)7-13(9-14)24-15(25)23-10-18(20,21)22;9-7-5-11-8-6(4-10)2-1-3-12(7)8/h3-8,10,12H,11H2,1-2H3,(H2,26,27,29);7-9,11H,10H2,1-6H3,(H2,23,24,25);1-3,5H. The second-order valence-corrected chi connectivity index (χ2v) is 18.1. The van der Waals surface area contributed by atoms with Gasteiger partial charge in [0.15, 0.2) is 11.3 Å². The molecule has 24 heteroatoms. The van der Waals surface area contributed by atoms with E-state index in [0.29, 0.717) is 45.0 Å². The van der Waals surface area contributed by atoms with Gasteiger partial charge in [0.05, 0.1) is 52.6 Å². The molecule has 0 aliphatic carbocycles. The highest BCUT2D eigenvalue weighted by Gasteiger charge is 2.52. The van der Waals surface area contributed by atoms with E-state index in [4.69, 9.17) is 24.0 Å². The molecule has 0 saturated carbocycles. The van der Waals surface area contributed by atoms with E-state index in [9.17, 15) is 41.2 Å². The van der Waals surface area contributed by atoms with Crippen LogP contribution < -0.4 is 36.2 Å². The molecule has 6 aromatic rings.